The molecule has 1 aromatic rings. The van der Waals surface area contributed by atoms with Crippen molar-refractivity contribution in [3.8, 4) is 0 Å². The number of rotatable bonds is 4. The molecule has 0 aliphatic carbocycles. The van der Waals surface area contributed by atoms with Gasteiger partial charge in [-0.1, -0.05) is 0 Å². The van der Waals surface area contributed by atoms with Gasteiger partial charge in [-0.15, -0.1) is 11.3 Å². The van der Waals surface area contributed by atoms with E-state index in [-0.39, 0.29) is 11.8 Å². The highest BCUT2D eigenvalue weighted by molar-refractivity contribution is 7.13. The third kappa shape index (κ3) is 2.93. The minimum absolute atomic E-state index is 0.0945. The third-order valence-electron chi connectivity index (χ3n) is 2.48. The normalized spacial score (nSPS) is 20.6. The first-order valence-corrected chi connectivity index (χ1v) is 6.18. The topological polar surface area (TPSA) is 71.5 Å². The first kappa shape index (κ1) is 11.3. The number of aromatic nitrogens is 1. The summed E-state index contributed by atoms with van der Waals surface area (Å²) in [7, 11) is 0. The van der Waals surface area contributed by atoms with Crippen LogP contribution in [0.25, 0.3) is 0 Å². The summed E-state index contributed by atoms with van der Waals surface area (Å²) in [4.78, 5) is 14.6. The average Bonchev–Trinajstić information content (AvgIpc) is 2.76. The number of carboxylic acid groups (broad SMARTS) is 1. The molecule has 1 atom stereocenters. The summed E-state index contributed by atoms with van der Waals surface area (Å²) >= 11 is 1.31. The van der Waals surface area contributed by atoms with Gasteiger partial charge in [0.2, 0.25) is 0 Å². The van der Waals surface area contributed by atoms with Crippen LogP contribution < -0.4 is 5.32 Å². The van der Waals surface area contributed by atoms with E-state index in [0.717, 1.165) is 19.4 Å². The number of carbonyl (C=O) groups is 1. The molecule has 1 unspecified atom stereocenters. The van der Waals surface area contributed by atoms with Crippen molar-refractivity contribution in [2.45, 2.75) is 25.4 Å². The zero-order chi connectivity index (χ0) is 11.4. The molecule has 0 amide bonds. The average molecular weight is 242 g/mol. The standard InChI is InChI=1S/C10H14N2O3S/c13-9(14)8-6-16-10(12-8)11-5-7-3-1-2-4-15-7/h6-7H,1-5H2,(H,11,12)(H,13,14). The van der Waals surface area contributed by atoms with Crippen molar-refractivity contribution < 1.29 is 14.6 Å². The predicted molar refractivity (Wildman–Crippen MR) is 61.2 cm³/mol. The van der Waals surface area contributed by atoms with E-state index >= 15 is 0 Å². The van der Waals surface area contributed by atoms with Crippen molar-refractivity contribution in [3.05, 3.63) is 11.1 Å². The van der Waals surface area contributed by atoms with Gasteiger partial charge in [-0.2, -0.15) is 0 Å². The second-order valence-electron chi connectivity index (χ2n) is 3.71. The summed E-state index contributed by atoms with van der Waals surface area (Å²) in [5.74, 6) is -0.988. The Kier molecular flexibility index (Phi) is 3.74. The smallest absolute Gasteiger partial charge is 0.355 e. The molecule has 0 saturated carbocycles. The number of carboxylic acids is 1. The Morgan fingerprint density at radius 2 is 2.56 bits per heavy atom. The summed E-state index contributed by atoms with van der Waals surface area (Å²) in [6.07, 6.45) is 3.62. The lowest BCUT2D eigenvalue weighted by Gasteiger charge is -2.22. The van der Waals surface area contributed by atoms with Crippen molar-refractivity contribution in [1.29, 1.82) is 0 Å². The Bertz CT molecular complexity index is 361. The first-order valence-electron chi connectivity index (χ1n) is 5.30. The molecule has 2 rings (SSSR count). The second-order valence-corrected chi connectivity index (χ2v) is 4.57. The predicted octanol–water partition coefficient (Wildman–Crippen LogP) is 1.82. The van der Waals surface area contributed by atoms with E-state index in [2.05, 4.69) is 10.3 Å². The van der Waals surface area contributed by atoms with Gasteiger partial charge in [0.15, 0.2) is 10.8 Å². The van der Waals surface area contributed by atoms with Crippen LogP contribution in [0.3, 0.4) is 0 Å². The van der Waals surface area contributed by atoms with Crippen LogP contribution in [0.4, 0.5) is 5.13 Å². The number of anilines is 1. The van der Waals surface area contributed by atoms with Gasteiger partial charge in [-0.25, -0.2) is 9.78 Å². The molecule has 0 bridgehead atoms. The molecule has 1 aliphatic heterocycles. The number of nitrogens with zero attached hydrogens (tertiary/aromatic N) is 1. The van der Waals surface area contributed by atoms with Crippen LogP contribution >= 0.6 is 11.3 Å². The van der Waals surface area contributed by atoms with Crippen LogP contribution in [0.15, 0.2) is 5.38 Å². The van der Waals surface area contributed by atoms with Gasteiger partial charge < -0.3 is 15.2 Å². The van der Waals surface area contributed by atoms with Gasteiger partial charge in [0.05, 0.1) is 6.10 Å². The molecule has 16 heavy (non-hydrogen) atoms. The highest BCUT2D eigenvalue weighted by Gasteiger charge is 2.14. The summed E-state index contributed by atoms with van der Waals surface area (Å²) in [5.41, 5.74) is 0.0945. The maximum Gasteiger partial charge on any atom is 0.355 e. The van der Waals surface area contributed by atoms with E-state index in [4.69, 9.17) is 9.84 Å². The van der Waals surface area contributed by atoms with Crippen LogP contribution in [0.5, 0.6) is 0 Å². The Balaban J connectivity index is 1.81. The lowest BCUT2D eigenvalue weighted by molar-refractivity contribution is 0.0247. The largest absolute Gasteiger partial charge is 0.476 e. The maximum absolute atomic E-state index is 10.6. The molecule has 5 nitrogen and oxygen atoms in total. The lowest BCUT2D eigenvalue weighted by Crippen LogP contribution is -2.26. The minimum Gasteiger partial charge on any atom is -0.476 e. The van der Waals surface area contributed by atoms with E-state index in [0.29, 0.717) is 11.7 Å². The van der Waals surface area contributed by atoms with E-state index in [1.54, 1.807) is 0 Å². The number of aromatic carboxylic acids is 1. The van der Waals surface area contributed by atoms with Crippen molar-refractivity contribution in [3.63, 3.8) is 0 Å². The number of hydrogen-bond donors (Lipinski definition) is 2. The van der Waals surface area contributed by atoms with Gasteiger partial charge in [0.1, 0.15) is 0 Å². The van der Waals surface area contributed by atoms with Crippen LogP contribution in [0.1, 0.15) is 29.8 Å². The highest BCUT2D eigenvalue weighted by atomic mass is 32.1. The Labute approximate surface area is 97.5 Å². The molecular formula is C10H14N2O3S. The van der Waals surface area contributed by atoms with E-state index in [9.17, 15) is 4.79 Å². The van der Waals surface area contributed by atoms with Gasteiger partial charge in [-0.3, -0.25) is 0 Å². The molecule has 1 aliphatic rings. The SMILES string of the molecule is O=C(O)c1csc(NCC2CCCCO2)n1. The summed E-state index contributed by atoms with van der Waals surface area (Å²) in [6.45, 7) is 1.52. The molecule has 2 heterocycles. The zero-order valence-corrected chi connectivity index (χ0v) is 9.63. The molecule has 0 aromatic carbocycles. The maximum atomic E-state index is 10.6. The van der Waals surface area contributed by atoms with Crippen LogP contribution in [-0.2, 0) is 4.74 Å². The molecule has 88 valence electrons. The number of nitrogens with one attached hydrogen (secondary N) is 1. The molecule has 2 N–H and O–H groups in total. The molecular weight excluding hydrogens is 228 g/mol. The highest BCUT2D eigenvalue weighted by Crippen LogP contribution is 2.17. The quantitative estimate of drug-likeness (QED) is 0.842. The fourth-order valence-corrected chi connectivity index (χ4v) is 2.32. The van der Waals surface area contributed by atoms with Crippen molar-refractivity contribution in [1.82, 2.24) is 4.98 Å². The molecule has 1 fully saturated rings. The van der Waals surface area contributed by atoms with Crippen molar-refractivity contribution in [2.24, 2.45) is 0 Å². The monoisotopic (exact) mass is 242 g/mol. The van der Waals surface area contributed by atoms with E-state index in [1.165, 1.54) is 23.1 Å². The number of ether oxygens (including phenoxy) is 1. The second kappa shape index (κ2) is 5.27. The summed E-state index contributed by atoms with van der Waals surface area (Å²) in [5, 5.41) is 14.0. The minimum atomic E-state index is -0.988. The molecule has 6 heteroatoms. The van der Waals surface area contributed by atoms with Crippen LogP contribution in [-0.4, -0.2) is 35.3 Å². The first-order chi connectivity index (χ1) is 7.75. The van der Waals surface area contributed by atoms with Gasteiger partial charge >= 0.3 is 5.97 Å². The third-order valence-corrected chi connectivity index (χ3v) is 3.28. The van der Waals surface area contributed by atoms with E-state index < -0.39 is 5.97 Å². The summed E-state index contributed by atoms with van der Waals surface area (Å²) < 4.78 is 5.55. The van der Waals surface area contributed by atoms with Crippen molar-refractivity contribution >= 4 is 22.4 Å². The number of thiazole rings is 1. The van der Waals surface area contributed by atoms with Crippen molar-refractivity contribution in [2.75, 3.05) is 18.5 Å². The van der Waals surface area contributed by atoms with Gasteiger partial charge in [0, 0.05) is 18.5 Å². The fraction of sp³-hybridized carbons (Fsp3) is 0.600. The molecule has 1 aromatic heterocycles. The Morgan fingerprint density at radius 3 is 3.19 bits per heavy atom. The van der Waals surface area contributed by atoms with Crippen LogP contribution in [0.2, 0.25) is 0 Å². The van der Waals surface area contributed by atoms with E-state index in [1.807, 2.05) is 0 Å². The molecule has 1 saturated heterocycles. The van der Waals surface area contributed by atoms with Crippen LogP contribution in [0, 0.1) is 0 Å². The van der Waals surface area contributed by atoms with Gasteiger partial charge in [-0.05, 0) is 19.3 Å². The fourth-order valence-electron chi connectivity index (χ4n) is 1.62. The number of hydrogen-bond acceptors (Lipinski definition) is 5. The molecule has 0 radical (unpaired) electrons. The summed E-state index contributed by atoms with van der Waals surface area (Å²) in [6, 6.07) is 0. The molecule has 0 spiro atoms. The van der Waals surface area contributed by atoms with Gasteiger partial charge in [0.25, 0.3) is 0 Å². The zero-order valence-electron chi connectivity index (χ0n) is 8.81. The lowest BCUT2D eigenvalue weighted by atomic mass is 10.1. The Morgan fingerprint density at radius 1 is 1.69 bits per heavy atom. The Hall–Kier alpha value is -1.14.